The second kappa shape index (κ2) is 7.91. The largest absolute Gasteiger partial charge is 0.339 e. The van der Waals surface area contributed by atoms with Crippen LogP contribution in [0.25, 0.3) is 0 Å². The zero-order chi connectivity index (χ0) is 17.5. The van der Waals surface area contributed by atoms with E-state index in [0.717, 1.165) is 11.4 Å². The highest BCUT2D eigenvalue weighted by Gasteiger charge is 2.05. The fourth-order valence-corrected chi connectivity index (χ4v) is 1.87. The number of hydrogen-bond acceptors (Lipinski definition) is 5. The van der Waals surface area contributed by atoms with Gasteiger partial charge in [0.1, 0.15) is 0 Å². The topological polar surface area (TPSA) is 108 Å². The van der Waals surface area contributed by atoms with Gasteiger partial charge in [0, 0.05) is 24.3 Å². The van der Waals surface area contributed by atoms with E-state index in [2.05, 4.69) is 31.5 Å². The van der Waals surface area contributed by atoms with Gasteiger partial charge in [-0.15, -0.1) is 10.2 Å². The Balaban J connectivity index is 1.93. The van der Waals surface area contributed by atoms with Gasteiger partial charge in [0.15, 0.2) is 11.6 Å². The van der Waals surface area contributed by atoms with Crippen molar-refractivity contribution in [1.29, 1.82) is 0 Å². The zero-order valence-corrected chi connectivity index (χ0v) is 13.8. The number of anilines is 4. The number of hydrogen-bond donors (Lipinski definition) is 4. The summed E-state index contributed by atoms with van der Waals surface area (Å²) in [7, 11) is 0. The van der Waals surface area contributed by atoms with Crippen LogP contribution in [0.1, 0.15) is 20.8 Å². The second-order valence-electron chi connectivity index (χ2n) is 5.44. The molecule has 126 valence electrons. The number of urea groups is 1. The molecule has 0 fully saturated rings. The fraction of sp³-hybridized carbons (Fsp3) is 0.250. The highest BCUT2D eigenvalue weighted by Crippen LogP contribution is 2.17. The molecule has 0 unspecified atom stereocenters. The molecule has 0 aliphatic heterocycles. The number of benzene rings is 1. The van der Waals surface area contributed by atoms with Crippen LogP contribution in [0.15, 0.2) is 36.4 Å². The van der Waals surface area contributed by atoms with Crippen LogP contribution in [0.3, 0.4) is 0 Å². The molecule has 3 amide bonds. The molecule has 2 rings (SSSR count). The minimum absolute atomic E-state index is 0.0411. The van der Waals surface area contributed by atoms with E-state index < -0.39 is 0 Å². The molecule has 0 aliphatic rings. The van der Waals surface area contributed by atoms with Crippen molar-refractivity contribution in [3.63, 3.8) is 0 Å². The van der Waals surface area contributed by atoms with E-state index in [-0.39, 0.29) is 18.0 Å². The first-order valence-corrected chi connectivity index (χ1v) is 7.48. The Bertz CT molecular complexity index is 698. The molecule has 1 heterocycles. The van der Waals surface area contributed by atoms with E-state index in [4.69, 9.17) is 0 Å². The van der Waals surface area contributed by atoms with E-state index in [0.29, 0.717) is 11.6 Å². The molecule has 0 spiro atoms. The molecule has 0 aliphatic carbocycles. The Hall–Kier alpha value is -3.16. The van der Waals surface area contributed by atoms with Gasteiger partial charge in [0.2, 0.25) is 5.91 Å². The van der Waals surface area contributed by atoms with Gasteiger partial charge in [0.05, 0.1) is 0 Å². The first kappa shape index (κ1) is 17.2. The lowest BCUT2D eigenvalue weighted by Gasteiger charge is -2.10. The number of carbonyl (C=O) groups is 2. The smallest absolute Gasteiger partial charge is 0.320 e. The minimum atomic E-state index is -0.325. The molecular formula is C16H20N6O2. The average Bonchev–Trinajstić information content (AvgIpc) is 2.50. The quantitative estimate of drug-likeness (QED) is 0.675. The minimum Gasteiger partial charge on any atom is -0.339 e. The Kier molecular flexibility index (Phi) is 5.67. The monoisotopic (exact) mass is 328 g/mol. The third-order valence-electron chi connectivity index (χ3n) is 2.80. The lowest BCUT2D eigenvalue weighted by Crippen LogP contribution is -2.34. The summed E-state index contributed by atoms with van der Waals surface area (Å²) in [4.78, 5) is 22.5. The SMILES string of the molecule is CC(=O)Nc1ccc(Nc2ccc(NC(=O)NC(C)C)nn2)cc1. The molecular weight excluding hydrogens is 308 g/mol. The van der Waals surface area contributed by atoms with Crippen molar-refractivity contribution in [2.75, 3.05) is 16.0 Å². The predicted octanol–water partition coefficient (Wildman–Crippen LogP) is 2.71. The van der Waals surface area contributed by atoms with Crippen molar-refractivity contribution in [2.45, 2.75) is 26.8 Å². The number of nitrogens with zero attached hydrogens (tertiary/aromatic N) is 2. The predicted molar refractivity (Wildman–Crippen MR) is 93.4 cm³/mol. The van der Waals surface area contributed by atoms with Crippen LogP contribution in [0.4, 0.5) is 27.8 Å². The van der Waals surface area contributed by atoms with Gasteiger partial charge in [-0.2, -0.15) is 0 Å². The van der Waals surface area contributed by atoms with Crippen molar-refractivity contribution >= 4 is 34.9 Å². The molecule has 0 atom stereocenters. The van der Waals surface area contributed by atoms with Crippen LogP contribution in [0.2, 0.25) is 0 Å². The summed E-state index contributed by atoms with van der Waals surface area (Å²) in [6, 6.07) is 10.3. The Labute approximate surface area is 140 Å². The standard InChI is InChI=1S/C16H20N6O2/c1-10(2)17-16(24)20-15-9-8-14(21-22-15)19-13-6-4-12(5-7-13)18-11(3)23/h4-10H,1-3H3,(H,18,23)(H,19,21)(H2,17,20,22,24). The summed E-state index contributed by atoms with van der Waals surface area (Å²) >= 11 is 0. The summed E-state index contributed by atoms with van der Waals surface area (Å²) in [5, 5.41) is 19.0. The second-order valence-corrected chi connectivity index (χ2v) is 5.44. The summed E-state index contributed by atoms with van der Waals surface area (Å²) < 4.78 is 0. The van der Waals surface area contributed by atoms with Crippen LogP contribution in [-0.2, 0) is 4.79 Å². The van der Waals surface area contributed by atoms with E-state index in [9.17, 15) is 9.59 Å². The van der Waals surface area contributed by atoms with E-state index >= 15 is 0 Å². The van der Waals surface area contributed by atoms with Gasteiger partial charge in [-0.25, -0.2) is 4.79 Å². The molecule has 0 radical (unpaired) electrons. The van der Waals surface area contributed by atoms with Crippen LogP contribution >= 0.6 is 0 Å². The number of nitrogens with one attached hydrogen (secondary N) is 4. The fourth-order valence-electron chi connectivity index (χ4n) is 1.87. The molecule has 4 N–H and O–H groups in total. The third-order valence-corrected chi connectivity index (χ3v) is 2.80. The molecule has 0 saturated carbocycles. The third kappa shape index (κ3) is 5.56. The van der Waals surface area contributed by atoms with Crippen molar-refractivity contribution in [3.05, 3.63) is 36.4 Å². The van der Waals surface area contributed by atoms with Crippen molar-refractivity contribution in [2.24, 2.45) is 0 Å². The number of aromatic nitrogens is 2. The van der Waals surface area contributed by atoms with Crippen LogP contribution in [0, 0.1) is 0 Å². The summed E-state index contributed by atoms with van der Waals surface area (Å²) in [6.45, 7) is 5.20. The van der Waals surface area contributed by atoms with Gasteiger partial charge >= 0.3 is 6.03 Å². The number of carbonyl (C=O) groups excluding carboxylic acids is 2. The van der Waals surface area contributed by atoms with E-state index in [1.807, 2.05) is 26.0 Å². The summed E-state index contributed by atoms with van der Waals surface area (Å²) in [5.41, 5.74) is 1.52. The van der Waals surface area contributed by atoms with Crippen LogP contribution in [-0.4, -0.2) is 28.2 Å². The highest BCUT2D eigenvalue weighted by atomic mass is 16.2. The van der Waals surface area contributed by atoms with Crippen LogP contribution in [0.5, 0.6) is 0 Å². The first-order valence-electron chi connectivity index (χ1n) is 7.48. The number of amides is 3. The first-order chi connectivity index (χ1) is 11.4. The molecule has 8 nitrogen and oxygen atoms in total. The molecule has 1 aromatic carbocycles. The lowest BCUT2D eigenvalue weighted by atomic mass is 10.2. The summed E-state index contributed by atoms with van der Waals surface area (Å²) in [5.74, 6) is 0.781. The van der Waals surface area contributed by atoms with Crippen molar-refractivity contribution < 1.29 is 9.59 Å². The average molecular weight is 328 g/mol. The Morgan fingerprint density at radius 1 is 0.875 bits per heavy atom. The van der Waals surface area contributed by atoms with Gasteiger partial charge in [-0.1, -0.05) is 0 Å². The zero-order valence-electron chi connectivity index (χ0n) is 13.8. The molecule has 0 saturated heterocycles. The summed E-state index contributed by atoms with van der Waals surface area (Å²) in [6.07, 6.45) is 0. The molecule has 1 aromatic heterocycles. The molecule has 8 heteroatoms. The Morgan fingerprint density at radius 3 is 2.00 bits per heavy atom. The number of rotatable bonds is 5. The van der Waals surface area contributed by atoms with Crippen molar-refractivity contribution in [1.82, 2.24) is 15.5 Å². The molecule has 0 bridgehead atoms. The lowest BCUT2D eigenvalue weighted by molar-refractivity contribution is -0.114. The molecule has 2 aromatic rings. The maximum Gasteiger partial charge on any atom is 0.320 e. The highest BCUT2D eigenvalue weighted by molar-refractivity contribution is 5.89. The van der Waals surface area contributed by atoms with Gasteiger partial charge in [0.25, 0.3) is 0 Å². The van der Waals surface area contributed by atoms with Crippen LogP contribution < -0.4 is 21.3 Å². The van der Waals surface area contributed by atoms with E-state index in [1.54, 1.807) is 24.3 Å². The maximum absolute atomic E-state index is 11.6. The Morgan fingerprint density at radius 2 is 1.46 bits per heavy atom. The van der Waals surface area contributed by atoms with E-state index in [1.165, 1.54) is 6.92 Å². The maximum atomic E-state index is 11.6. The van der Waals surface area contributed by atoms with Gasteiger partial charge < -0.3 is 16.0 Å². The molecule has 24 heavy (non-hydrogen) atoms. The van der Waals surface area contributed by atoms with Gasteiger partial charge in [-0.05, 0) is 50.2 Å². The normalized spacial score (nSPS) is 10.2. The van der Waals surface area contributed by atoms with Gasteiger partial charge in [-0.3, -0.25) is 10.1 Å². The van der Waals surface area contributed by atoms with Crippen molar-refractivity contribution in [3.8, 4) is 0 Å².